The van der Waals surface area contributed by atoms with Crippen LogP contribution in [0.1, 0.15) is 18.4 Å². The number of hydrogen-bond acceptors (Lipinski definition) is 3. The van der Waals surface area contributed by atoms with Crippen LogP contribution in [0.3, 0.4) is 0 Å². The van der Waals surface area contributed by atoms with Crippen LogP contribution >= 0.6 is 0 Å². The lowest BCUT2D eigenvalue weighted by Gasteiger charge is -2.21. The molecule has 106 valence electrons. The smallest absolute Gasteiger partial charge is 0.322 e. The molecule has 0 amide bonds. The Morgan fingerprint density at radius 2 is 2.20 bits per heavy atom. The van der Waals surface area contributed by atoms with Crippen LogP contribution in [0.5, 0.6) is 0 Å². The molecule has 1 aliphatic rings. The second-order valence-corrected chi connectivity index (χ2v) is 6.29. The van der Waals surface area contributed by atoms with Crippen molar-refractivity contribution in [3.8, 4) is 12.3 Å². The maximum absolute atomic E-state index is 13.6. The second kappa shape index (κ2) is 5.23. The van der Waals surface area contributed by atoms with Gasteiger partial charge in [0.15, 0.2) is 0 Å². The molecule has 0 aromatic heterocycles. The van der Waals surface area contributed by atoms with Crippen LogP contribution in [0.25, 0.3) is 0 Å². The van der Waals surface area contributed by atoms with Crippen molar-refractivity contribution >= 4 is 16.0 Å². The van der Waals surface area contributed by atoms with Crippen LogP contribution in [0.4, 0.5) is 4.39 Å². The third-order valence-electron chi connectivity index (χ3n) is 3.19. The second-order valence-electron chi connectivity index (χ2n) is 4.40. The molecule has 5 nitrogen and oxygen atoms in total. The van der Waals surface area contributed by atoms with Gasteiger partial charge in [0.25, 0.3) is 0 Å². The Morgan fingerprint density at radius 3 is 2.75 bits per heavy atom. The summed E-state index contributed by atoms with van der Waals surface area (Å²) in [5.41, 5.74) is -0.0415. The molecule has 1 saturated heterocycles. The zero-order valence-electron chi connectivity index (χ0n) is 10.4. The van der Waals surface area contributed by atoms with E-state index in [1.165, 1.54) is 12.1 Å². The predicted octanol–water partition coefficient (Wildman–Crippen LogP) is 1.04. The minimum Gasteiger partial charge on any atom is -0.480 e. The topological polar surface area (TPSA) is 74.7 Å². The number of nitrogens with zero attached hydrogens (tertiary/aromatic N) is 1. The van der Waals surface area contributed by atoms with Crippen molar-refractivity contribution < 1.29 is 22.7 Å². The fourth-order valence-electron chi connectivity index (χ4n) is 2.18. The van der Waals surface area contributed by atoms with E-state index < -0.39 is 27.9 Å². The summed E-state index contributed by atoms with van der Waals surface area (Å²) in [6.45, 7) is 0.109. The highest BCUT2D eigenvalue weighted by atomic mass is 32.2. The molecule has 20 heavy (non-hydrogen) atoms. The van der Waals surface area contributed by atoms with Crippen molar-refractivity contribution in [3.63, 3.8) is 0 Å². The number of halogens is 1. The summed E-state index contributed by atoms with van der Waals surface area (Å²) in [4.78, 5) is 10.8. The van der Waals surface area contributed by atoms with Crippen molar-refractivity contribution in [2.75, 3.05) is 6.54 Å². The van der Waals surface area contributed by atoms with Gasteiger partial charge in [-0.3, -0.25) is 4.79 Å². The maximum atomic E-state index is 13.6. The standard InChI is InChI=1S/C13H12FNO4S/c1-2-9-5-6-10(8-11(9)14)20(18,19)15-7-3-4-12(15)13(16)17/h1,5-6,8,12H,3-4,7H2,(H,16,17)/t12-/m1/s1. The molecule has 0 spiro atoms. The van der Waals surface area contributed by atoms with E-state index in [0.29, 0.717) is 6.42 Å². The van der Waals surface area contributed by atoms with E-state index in [1.807, 2.05) is 0 Å². The number of benzene rings is 1. The van der Waals surface area contributed by atoms with Crippen molar-refractivity contribution in [1.82, 2.24) is 4.31 Å². The first kappa shape index (κ1) is 14.5. The van der Waals surface area contributed by atoms with Crippen LogP contribution in [-0.2, 0) is 14.8 Å². The molecule has 7 heteroatoms. The third kappa shape index (κ3) is 2.40. The Hall–Kier alpha value is -1.91. The lowest BCUT2D eigenvalue weighted by molar-refractivity contribution is -0.140. The quantitative estimate of drug-likeness (QED) is 0.846. The highest BCUT2D eigenvalue weighted by Gasteiger charge is 2.39. The van der Waals surface area contributed by atoms with Gasteiger partial charge in [-0.05, 0) is 31.0 Å². The zero-order valence-corrected chi connectivity index (χ0v) is 11.2. The average Bonchev–Trinajstić information content (AvgIpc) is 2.88. The molecular weight excluding hydrogens is 285 g/mol. The fourth-order valence-corrected chi connectivity index (χ4v) is 3.85. The minimum absolute atomic E-state index is 0.0415. The SMILES string of the molecule is C#Cc1ccc(S(=O)(=O)N2CCC[C@@H]2C(=O)O)cc1F. The number of carboxylic acids is 1. The number of sulfonamides is 1. The zero-order chi connectivity index (χ0) is 14.9. The molecule has 0 bridgehead atoms. The number of carbonyl (C=O) groups is 1. The van der Waals surface area contributed by atoms with Gasteiger partial charge in [-0.15, -0.1) is 6.42 Å². The first-order valence-corrected chi connectivity index (χ1v) is 7.32. The number of aliphatic carboxylic acids is 1. The summed E-state index contributed by atoms with van der Waals surface area (Å²) < 4.78 is 39.2. The monoisotopic (exact) mass is 297 g/mol. The number of rotatable bonds is 3. The van der Waals surface area contributed by atoms with Crippen LogP contribution in [0, 0.1) is 18.2 Å². The summed E-state index contributed by atoms with van der Waals surface area (Å²) in [7, 11) is -4.04. The van der Waals surface area contributed by atoms with Crippen LogP contribution in [-0.4, -0.2) is 36.4 Å². The molecule has 0 unspecified atom stereocenters. The van der Waals surface area contributed by atoms with Gasteiger partial charge in [-0.1, -0.05) is 5.92 Å². The van der Waals surface area contributed by atoms with Crippen LogP contribution in [0.2, 0.25) is 0 Å². The lowest BCUT2D eigenvalue weighted by Crippen LogP contribution is -2.40. The van der Waals surface area contributed by atoms with Gasteiger partial charge in [0, 0.05) is 6.54 Å². The van der Waals surface area contributed by atoms with E-state index in [2.05, 4.69) is 5.92 Å². The van der Waals surface area contributed by atoms with E-state index in [0.717, 1.165) is 10.4 Å². The van der Waals surface area contributed by atoms with E-state index in [4.69, 9.17) is 11.5 Å². The third-order valence-corrected chi connectivity index (χ3v) is 5.10. The summed E-state index contributed by atoms with van der Waals surface area (Å²) in [6, 6.07) is 2.09. The van der Waals surface area contributed by atoms with Gasteiger partial charge >= 0.3 is 5.97 Å². The minimum atomic E-state index is -4.04. The highest BCUT2D eigenvalue weighted by Crippen LogP contribution is 2.27. The lowest BCUT2D eigenvalue weighted by atomic mass is 10.2. The van der Waals surface area contributed by atoms with Crippen molar-refractivity contribution in [3.05, 3.63) is 29.6 Å². The van der Waals surface area contributed by atoms with Gasteiger partial charge in [-0.25, -0.2) is 12.8 Å². The molecule has 1 aliphatic heterocycles. The average molecular weight is 297 g/mol. The van der Waals surface area contributed by atoms with Crippen molar-refractivity contribution in [2.45, 2.75) is 23.8 Å². The molecule has 0 saturated carbocycles. The maximum Gasteiger partial charge on any atom is 0.322 e. The van der Waals surface area contributed by atoms with Gasteiger partial charge in [0.2, 0.25) is 10.0 Å². The van der Waals surface area contributed by atoms with E-state index >= 15 is 0 Å². The largest absolute Gasteiger partial charge is 0.480 e. The number of terminal acetylenes is 1. The van der Waals surface area contributed by atoms with Gasteiger partial charge in [0.1, 0.15) is 11.9 Å². The first-order valence-electron chi connectivity index (χ1n) is 5.88. The fraction of sp³-hybridized carbons (Fsp3) is 0.308. The van der Waals surface area contributed by atoms with Gasteiger partial charge in [0.05, 0.1) is 10.5 Å². The van der Waals surface area contributed by atoms with E-state index in [-0.39, 0.29) is 23.4 Å². The molecule has 1 N–H and O–H groups in total. The molecule has 0 aliphatic carbocycles. The molecule has 1 heterocycles. The summed E-state index contributed by atoms with van der Waals surface area (Å²) in [5.74, 6) is 0.0711. The summed E-state index contributed by atoms with van der Waals surface area (Å²) >= 11 is 0. The molecular formula is C13H12FNO4S. The van der Waals surface area contributed by atoms with E-state index in [1.54, 1.807) is 0 Å². The highest BCUT2D eigenvalue weighted by molar-refractivity contribution is 7.89. The number of hydrogen-bond donors (Lipinski definition) is 1. The number of carboxylic acid groups (broad SMARTS) is 1. The van der Waals surface area contributed by atoms with Gasteiger partial charge in [-0.2, -0.15) is 4.31 Å². The Labute approximate surface area is 116 Å². The Bertz CT molecular complexity index is 693. The van der Waals surface area contributed by atoms with Crippen LogP contribution < -0.4 is 0 Å². The normalized spacial score (nSPS) is 19.7. The predicted molar refractivity (Wildman–Crippen MR) is 68.9 cm³/mol. The molecule has 0 radical (unpaired) electrons. The van der Waals surface area contributed by atoms with Crippen molar-refractivity contribution in [1.29, 1.82) is 0 Å². The van der Waals surface area contributed by atoms with Gasteiger partial charge < -0.3 is 5.11 Å². The Balaban J connectivity index is 2.43. The molecule has 1 fully saturated rings. The Morgan fingerprint density at radius 1 is 1.50 bits per heavy atom. The first-order chi connectivity index (χ1) is 9.37. The summed E-state index contributed by atoms with van der Waals surface area (Å²) in [6.07, 6.45) is 5.78. The molecule has 2 rings (SSSR count). The van der Waals surface area contributed by atoms with Crippen molar-refractivity contribution in [2.24, 2.45) is 0 Å². The molecule has 1 aromatic rings. The summed E-state index contributed by atoms with van der Waals surface area (Å²) in [5, 5.41) is 9.02. The molecule has 1 aromatic carbocycles. The van der Waals surface area contributed by atoms with Crippen LogP contribution in [0.15, 0.2) is 23.1 Å². The van der Waals surface area contributed by atoms with E-state index in [9.17, 15) is 17.6 Å². The molecule has 1 atom stereocenters. The Kier molecular flexibility index (Phi) is 3.79.